The van der Waals surface area contributed by atoms with Gasteiger partial charge in [-0.25, -0.2) is 0 Å². The molecule has 0 aliphatic carbocycles. The first kappa shape index (κ1) is 15.2. The van der Waals surface area contributed by atoms with E-state index < -0.39 is 0 Å². The summed E-state index contributed by atoms with van der Waals surface area (Å²) in [5.41, 5.74) is 1.50. The van der Waals surface area contributed by atoms with Gasteiger partial charge in [0.1, 0.15) is 0 Å². The van der Waals surface area contributed by atoms with E-state index in [4.69, 9.17) is 0 Å². The first-order valence-electron chi connectivity index (χ1n) is 8.65. The van der Waals surface area contributed by atoms with Gasteiger partial charge in [0.15, 0.2) is 5.69 Å². The van der Waals surface area contributed by atoms with Crippen molar-refractivity contribution in [2.75, 3.05) is 19.6 Å². The monoisotopic (exact) mass is 326 g/mol. The van der Waals surface area contributed by atoms with Gasteiger partial charge in [-0.2, -0.15) is 5.10 Å². The van der Waals surface area contributed by atoms with Crippen molar-refractivity contribution in [3.8, 4) is 0 Å². The van der Waals surface area contributed by atoms with E-state index >= 15 is 0 Å². The van der Waals surface area contributed by atoms with Crippen molar-refractivity contribution in [1.82, 2.24) is 19.6 Å². The second-order valence-electron chi connectivity index (χ2n) is 6.70. The van der Waals surface area contributed by atoms with Crippen LogP contribution < -0.4 is 0 Å². The number of carbonyl (C=O) groups excluding carboxylic acids is 2. The lowest BCUT2D eigenvalue weighted by molar-refractivity contribution is -0.130. The average molecular weight is 326 g/mol. The largest absolute Gasteiger partial charge is 0.340 e. The van der Waals surface area contributed by atoms with E-state index in [0.29, 0.717) is 31.2 Å². The molecule has 2 amide bonds. The Morgan fingerprint density at radius 3 is 2.62 bits per heavy atom. The highest BCUT2D eigenvalue weighted by Crippen LogP contribution is 2.24. The molecule has 126 valence electrons. The van der Waals surface area contributed by atoms with E-state index in [2.05, 4.69) is 5.10 Å². The number of aryl methyl sites for hydroxylation is 1. The fourth-order valence-electron chi connectivity index (χ4n) is 3.96. The Labute approximate surface area is 141 Å². The summed E-state index contributed by atoms with van der Waals surface area (Å²) < 4.78 is 1.76. The van der Waals surface area contributed by atoms with Crippen LogP contribution in [0.1, 0.15) is 36.2 Å². The quantitative estimate of drug-likeness (QED) is 0.845. The van der Waals surface area contributed by atoms with Crippen LogP contribution in [0.25, 0.3) is 10.9 Å². The second kappa shape index (κ2) is 5.92. The van der Waals surface area contributed by atoms with Gasteiger partial charge in [-0.05, 0) is 25.3 Å². The molecule has 1 aromatic carbocycles. The van der Waals surface area contributed by atoms with Gasteiger partial charge in [-0.3, -0.25) is 14.3 Å². The molecule has 0 saturated carbocycles. The van der Waals surface area contributed by atoms with Crippen molar-refractivity contribution in [3.63, 3.8) is 0 Å². The van der Waals surface area contributed by atoms with Crippen molar-refractivity contribution in [3.05, 3.63) is 30.0 Å². The fraction of sp³-hybridized carbons (Fsp3) is 0.500. The van der Waals surface area contributed by atoms with Crippen molar-refractivity contribution < 1.29 is 9.59 Å². The Hall–Kier alpha value is -2.37. The Balaban J connectivity index is 1.49. The fourth-order valence-corrected chi connectivity index (χ4v) is 3.96. The molecule has 0 atom stereocenters. The molecule has 6 heteroatoms. The Bertz CT molecular complexity index is 789. The van der Waals surface area contributed by atoms with Crippen LogP contribution in [-0.2, 0) is 11.8 Å². The predicted octanol–water partition coefficient (Wildman–Crippen LogP) is 1.80. The molecule has 0 spiro atoms. The molecule has 1 aromatic heterocycles. The number of rotatable bonds is 2. The second-order valence-corrected chi connectivity index (χ2v) is 6.70. The van der Waals surface area contributed by atoms with Gasteiger partial charge in [0.05, 0.1) is 5.52 Å². The number of piperidine rings is 1. The molecule has 2 fully saturated rings. The highest BCUT2D eigenvalue weighted by Gasteiger charge is 2.33. The Morgan fingerprint density at radius 1 is 1.17 bits per heavy atom. The number of hydrogen-bond acceptors (Lipinski definition) is 3. The SMILES string of the molecule is Cn1nc(C(=O)N2CCC(N3CCCC3=O)CC2)c2ccccc21. The molecule has 6 nitrogen and oxygen atoms in total. The minimum atomic E-state index is -0.00185. The number of fused-ring (bicyclic) bond motifs is 1. The lowest BCUT2D eigenvalue weighted by atomic mass is 10.0. The summed E-state index contributed by atoms with van der Waals surface area (Å²) >= 11 is 0. The van der Waals surface area contributed by atoms with E-state index in [1.54, 1.807) is 4.68 Å². The van der Waals surface area contributed by atoms with Crippen molar-refractivity contribution in [2.24, 2.45) is 7.05 Å². The third-order valence-corrected chi connectivity index (χ3v) is 5.26. The van der Waals surface area contributed by atoms with E-state index in [1.165, 1.54) is 0 Å². The van der Waals surface area contributed by atoms with E-state index in [-0.39, 0.29) is 11.8 Å². The third-order valence-electron chi connectivity index (χ3n) is 5.26. The number of aromatic nitrogens is 2. The highest BCUT2D eigenvalue weighted by atomic mass is 16.2. The van der Waals surface area contributed by atoms with Gasteiger partial charge < -0.3 is 9.80 Å². The van der Waals surface area contributed by atoms with Crippen LogP contribution in [0, 0.1) is 0 Å². The summed E-state index contributed by atoms with van der Waals surface area (Å²) in [5.74, 6) is 0.272. The highest BCUT2D eigenvalue weighted by molar-refractivity contribution is 6.04. The normalized spacial score (nSPS) is 19.5. The van der Waals surface area contributed by atoms with Crippen LogP contribution in [-0.4, -0.2) is 57.1 Å². The lowest BCUT2D eigenvalue weighted by Crippen LogP contribution is -2.47. The molecule has 0 bridgehead atoms. The minimum absolute atomic E-state index is 0.00185. The minimum Gasteiger partial charge on any atom is -0.340 e. The summed E-state index contributed by atoms with van der Waals surface area (Å²) in [7, 11) is 1.87. The van der Waals surface area contributed by atoms with Gasteiger partial charge in [0, 0.05) is 44.5 Å². The number of amides is 2. The summed E-state index contributed by atoms with van der Waals surface area (Å²) in [6, 6.07) is 8.11. The number of likely N-dealkylation sites (tertiary alicyclic amines) is 2. The van der Waals surface area contributed by atoms with Crippen LogP contribution in [0.4, 0.5) is 0 Å². The maximum Gasteiger partial charge on any atom is 0.275 e. The van der Waals surface area contributed by atoms with Gasteiger partial charge in [-0.1, -0.05) is 18.2 Å². The molecule has 4 rings (SSSR count). The number of para-hydroxylation sites is 1. The molecule has 0 radical (unpaired) electrons. The first-order valence-corrected chi connectivity index (χ1v) is 8.65. The maximum absolute atomic E-state index is 12.9. The van der Waals surface area contributed by atoms with Crippen LogP contribution in [0.2, 0.25) is 0 Å². The molecule has 2 aliphatic heterocycles. The van der Waals surface area contributed by atoms with Crippen molar-refractivity contribution in [1.29, 1.82) is 0 Å². The predicted molar refractivity (Wildman–Crippen MR) is 90.6 cm³/mol. The zero-order chi connectivity index (χ0) is 16.7. The van der Waals surface area contributed by atoms with Crippen LogP contribution in [0.15, 0.2) is 24.3 Å². The van der Waals surface area contributed by atoms with E-state index in [0.717, 1.165) is 36.7 Å². The van der Waals surface area contributed by atoms with E-state index in [1.807, 2.05) is 41.1 Å². The van der Waals surface area contributed by atoms with Crippen LogP contribution in [0.3, 0.4) is 0 Å². The van der Waals surface area contributed by atoms with Gasteiger partial charge in [-0.15, -0.1) is 0 Å². The van der Waals surface area contributed by atoms with Crippen molar-refractivity contribution >= 4 is 22.7 Å². The molecular weight excluding hydrogens is 304 g/mol. The summed E-state index contributed by atoms with van der Waals surface area (Å²) in [5, 5.41) is 5.34. The smallest absolute Gasteiger partial charge is 0.275 e. The molecular formula is C18H22N4O2. The molecule has 2 saturated heterocycles. The molecule has 2 aromatic rings. The Morgan fingerprint density at radius 2 is 1.92 bits per heavy atom. The summed E-state index contributed by atoms with van der Waals surface area (Å²) in [6.07, 6.45) is 3.38. The molecule has 0 unspecified atom stereocenters. The third kappa shape index (κ3) is 2.46. The molecule has 0 N–H and O–H groups in total. The average Bonchev–Trinajstić information content (AvgIpc) is 3.19. The number of benzene rings is 1. The van der Waals surface area contributed by atoms with Crippen LogP contribution >= 0.6 is 0 Å². The molecule has 3 heterocycles. The number of nitrogens with zero attached hydrogens (tertiary/aromatic N) is 4. The van der Waals surface area contributed by atoms with E-state index in [9.17, 15) is 9.59 Å². The zero-order valence-corrected chi connectivity index (χ0v) is 13.9. The molecule has 24 heavy (non-hydrogen) atoms. The van der Waals surface area contributed by atoms with Crippen LogP contribution in [0.5, 0.6) is 0 Å². The first-order chi connectivity index (χ1) is 11.6. The standard InChI is InChI=1S/C18H22N4O2/c1-20-15-6-3-2-5-14(15)17(19-20)18(24)21-11-8-13(9-12-21)22-10-4-7-16(22)23/h2-3,5-6,13H,4,7-12H2,1H3. The van der Waals surface area contributed by atoms with Crippen molar-refractivity contribution in [2.45, 2.75) is 31.7 Å². The lowest BCUT2D eigenvalue weighted by Gasteiger charge is -2.36. The summed E-state index contributed by atoms with van der Waals surface area (Å²) in [4.78, 5) is 28.7. The number of hydrogen-bond donors (Lipinski definition) is 0. The topological polar surface area (TPSA) is 58.4 Å². The molecule has 2 aliphatic rings. The summed E-state index contributed by atoms with van der Waals surface area (Å²) in [6.45, 7) is 2.26. The van der Waals surface area contributed by atoms with Gasteiger partial charge >= 0.3 is 0 Å². The maximum atomic E-state index is 12.9. The Kier molecular flexibility index (Phi) is 3.75. The number of carbonyl (C=O) groups is 2. The van der Waals surface area contributed by atoms with Gasteiger partial charge in [0.2, 0.25) is 5.91 Å². The van der Waals surface area contributed by atoms with Gasteiger partial charge in [0.25, 0.3) is 5.91 Å². The zero-order valence-electron chi connectivity index (χ0n) is 13.9.